The van der Waals surface area contributed by atoms with Crippen LogP contribution in [-0.4, -0.2) is 80.8 Å². The molecule has 2 saturated heterocycles. The van der Waals surface area contributed by atoms with E-state index in [4.69, 9.17) is 5.73 Å². The maximum absolute atomic E-state index is 13.7. The van der Waals surface area contributed by atoms with Crippen LogP contribution >= 0.6 is 0 Å². The Morgan fingerprint density at radius 1 is 0.925 bits per heavy atom. The molecule has 0 radical (unpaired) electrons. The van der Waals surface area contributed by atoms with Crippen LogP contribution in [0.5, 0.6) is 0 Å². The summed E-state index contributed by atoms with van der Waals surface area (Å²) < 4.78 is 0. The van der Waals surface area contributed by atoms with Crippen molar-refractivity contribution in [3.63, 3.8) is 0 Å². The van der Waals surface area contributed by atoms with Crippen molar-refractivity contribution in [3.8, 4) is 0 Å². The second-order valence-corrected chi connectivity index (χ2v) is 10.6. The van der Waals surface area contributed by atoms with Crippen LogP contribution in [0.25, 0.3) is 10.9 Å². The number of para-hydroxylation sites is 1. The molecule has 0 saturated carbocycles. The average molecular weight is 546 g/mol. The molecule has 10 nitrogen and oxygen atoms in total. The van der Waals surface area contributed by atoms with E-state index in [0.717, 1.165) is 22.0 Å². The molecule has 3 aromatic rings. The molecular weight excluding hydrogens is 510 g/mol. The summed E-state index contributed by atoms with van der Waals surface area (Å²) in [6.45, 7) is 0.819. The van der Waals surface area contributed by atoms with Crippen molar-refractivity contribution in [2.45, 2.75) is 62.7 Å². The Bertz CT molecular complexity index is 1390. The minimum atomic E-state index is -1.15. The zero-order chi connectivity index (χ0) is 28.2. The first-order valence-corrected chi connectivity index (χ1v) is 13.8. The van der Waals surface area contributed by atoms with Gasteiger partial charge in [0.1, 0.15) is 18.1 Å². The molecular formula is C30H35N5O5. The van der Waals surface area contributed by atoms with Gasteiger partial charge in [-0.25, -0.2) is 4.79 Å². The fraction of sp³-hybridized carbons (Fsp3) is 0.400. The molecule has 10 heteroatoms. The summed E-state index contributed by atoms with van der Waals surface area (Å²) in [5.41, 5.74) is 8.88. The van der Waals surface area contributed by atoms with Crippen molar-refractivity contribution >= 4 is 34.6 Å². The van der Waals surface area contributed by atoms with Crippen LogP contribution in [0.2, 0.25) is 0 Å². The van der Waals surface area contributed by atoms with Gasteiger partial charge in [0.25, 0.3) is 0 Å². The van der Waals surface area contributed by atoms with Crippen LogP contribution in [0.3, 0.4) is 0 Å². The second kappa shape index (κ2) is 11.9. The number of aromatic amines is 1. The number of carbonyl (C=O) groups excluding carboxylic acids is 3. The first-order valence-electron chi connectivity index (χ1n) is 13.8. The number of nitrogens with zero attached hydrogens (tertiary/aromatic N) is 2. The molecule has 1 aromatic heterocycles. The van der Waals surface area contributed by atoms with E-state index in [-0.39, 0.29) is 18.2 Å². The molecule has 0 bridgehead atoms. The highest BCUT2D eigenvalue weighted by Crippen LogP contribution is 2.26. The molecule has 4 atom stereocenters. The summed E-state index contributed by atoms with van der Waals surface area (Å²) >= 11 is 0. The Kier molecular flexibility index (Phi) is 8.16. The Morgan fingerprint density at radius 3 is 2.35 bits per heavy atom. The number of hydrogen-bond acceptors (Lipinski definition) is 5. The summed E-state index contributed by atoms with van der Waals surface area (Å²) in [5.74, 6) is -2.19. The maximum atomic E-state index is 13.7. The van der Waals surface area contributed by atoms with Gasteiger partial charge < -0.3 is 30.9 Å². The molecule has 210 valence electrons. The van der Waals surface area contributed by atoms with Crippen molar-refractivity contribution in [1.29, 1.82) is 0 Å². The Morgan fingerprint density at radius 2 is 1.60 bits per heavy atom. The minimum Gasteiger partial charge on any atom is -0.480 e. The molecule has 3 heterocycles. The minimum absolute atomic E-state index is 0.107. The van der Waals surface area contributed by atoms with Gasteiger partial charge in [-0.2, -0.15) is 0 Å². The predicted octanol–water partition coefficient (Wildman–Crippen LogP) is 1.83. The van der Waals surface area contributed by atoms with Gasteiger partial charge >= 0.3 is 5.97 Å². The van der Waals surface area contributed by atoms with Gasteiger partial charge in [0, 0.05) is 36.6 Å². The molecule has 2 aliphatic rings. The number of aliphatic carboxylic acids is 1. The molecule has 2 aliphatic heterocycles. The summed E-state index contributed by atoms with van der Waals surface area (Å²) in [4.78, 5) is 58.5. The Labute approximate surface area is 232 Å². The number of fused-ring (bicyclic) bond motifs is 1. The van der Waals surface area contributed by atoms with E-state index in [0.29, 0.717) is 45.2 Å². The van der Waals surface area contributed by atoms with Crippen molar-refractivity contribution in [2.24, 2.45) is 5.73 Å². The van der Waals surface area contributed by atoms with E-state index >= 15 is 0 Å². The van der Waals surface area contributed by atoms with Crippen LogP contribution in [-0.2, 0) is 32.0 Å². The van der Waals surface area contributed by atoms with E-state index in [2.05, 4.69) is 10.3 Å². The Hall–Kier alpha value is -4.18. The van der Waals surface area contributed by atoms with Crippen LogP contribution in [0, 0.1) is 0 Å². The van der Waals surface area contributed by atoms with Gasteiger partial charge in [-0.15, -0.1) is 0 Å². The molecule has 5 N–H and O–H groups in total. The van der Waals surface area contributed by atoms with E-state index < -0.39 is 36.0 Å². The van der Waals surface area contributed by atoms with Gasteiger partial charge in [-0.05, 0) is 49.3 Å². The number of H-pyrrole nitrogens is 1. The van der Waals surface area contributed by atoms with Crippen LogP contribution < -0.4 is 11.1 Å². The first kappa shape index (κ1) is 27.4. The highest BCUT2D eigenvalue weighted by atomic mass is 16.4. The lowest BCUT2D eigenvalue weighted by atomic mass is 10.0. The zero-order valence-electron chi connectivity index (χ0n) is 22.3. The molecule has 3 amide bonds. The fourth-order valence-corrected chi connectivity index (χ4v) is 5.94. The molecule has 2 aromatic carbocycles. The summed E-state index contributed by atoms with van der Waals surface area (Å²) in [7, 11) is 0. The lowest BCUT2D eigenvalue weighted by Gasteiger charge is -2.32. The van der Waals surface area contributed by atoms with E-state index in [1.807, 2.05) is 54.6 Å². The monoisotopic (exact) mass is 545 g/mol. The average Bonchev–Trinajstić information content (AvgIpc) is 3.72. The largest absolute Gasteiger partial charge is 0.480 e. The maximum Gasteiger partial charge on any atom is 0.326 e. The number of carboxylic acid groups (broad SMARTS) is 1. The van der Waals surface area contributed by atoms with Crippen molar-refractivity contribution in [3.05, 3.63) is 71.9 Å². The number of likely N-dealkylation sites (tertiary alicyclic amines) is 2. The normalized spacial score (nSPS) is 20.4. The second-order valence-electron chi connectivity index (χ2n) is 10.6. The molecule has 4 unspecified atom stereocenters. The predicted molar refractivity (Wildman–Crippen MR) is 149 cm³/mol. The van der Waals surface area contributed by atoms with Gasteiger partial charge in [-0.3, -0.25) is 14.4 Å². The number of nitrogens with two attached hydrogens (primary N) is 1. The van der Waals surface area contributed by atoms with Crippen LogP contribution in [0.4, 0.5) is 0 Å². The smallest absolute Gasteiger partial charge is 0.326 e. The first-order chi connectivity index (χ1) is 19.3. The van der Waals surface area contributed by atoms with Gasteiger partial charge in [0.15, 0.2) is 0 Å². The van der Waals surface area contributed by atoms with Gasteiger partial charge in [0.2, 0.25) is 17.7 Å². The highest BCUT2D eigenvalue weighted by Gasteiger charge is 2.43. The third kappa shape index (κ3) is 5.72. The van der Waals surface area contributed by atoms with E-state index in [1.54, 1.807) is 11.1 Å². The molecule has 0 spiro atoms. The number of aromatic nitrogens is 1. The quantitative estimate of drug-likeness (QED) is 0.322. The number of hydrogen-bond donors (Lipinski definition) is 4. The number of nitrogens with one attached hydrogen (secondary N) is 2. The summed E-state index contributed by atoms with van der Waals surface area (Å²) in [6.07, 6.45) is 4.48. The number of rotatable bonds is 9. The third-order valence-electron chi connectivity index (χ3n) is 7.99. The SMILES string of the molecule is NC(Cc1ccccc1)C(=O)N1CCCC1C(=O)N1CCCC1C(=O)NC(Cc1c[nH]c2ccccc12)C(=O)O. The summed E-state index contributed by atoms with van der Waals surface area (Å²) in [6, 6.07) is 13.7. The fourth-order valence-electron chi connectivity index (χ4n) is 5.94. The molecule has 40 heavy (non-hydrogen) atoms. The lowest BCUT2D eigenvalue weighted by molar-refractivity contribution is -0.148. The topological polar surface area (TPSA) is 149 Å². The van der Waals surface area contributed by atoms with Crippen LogP contribution in [0.15, 0.2) is 60.8 Å². The number of benzene rings is 2. The standard InChI is InChI=1S/C30H35N5O5/c31-22(16-19-8-2-1-3-9-19)28(37)35-15-7-13-26(35)29(38)34-14-6-12-25(34)27(36)33-24(30(39)40)17-20-18-32-23-11-5-4-10-21(20)23/h1-5,8-11,18,22,24-26,32H,6-7,12-17,31H2,(H,33,36)(H,39,40). The van der Waals surface area contributed by atoms with Crippen molar-refractivity contribution in [2.75, 3.05) is 13.1 Å². The van der Waals surface area contributed by atoms with Gasteiger partial charge in [0.05, 0.1) is 6.04 Å². The molecule has 2 fully saturated rings. The molecule has 0 aliphatic carbocycles. The zero-order valence-corrected chi connectivity index (χ0v) is 22.3. The molecule has 5 rings (SSSR count). The number of carbonyl (C=O) groups is 4. The third-order valence-corrected chi connectivity index (χ3v) is 7.99. The van der Waals surface area contributed by atoms with Crippen molar-refractivity contribution in [1.82, 2.24) is 20.1 Å². The van der Waals surface area contributed by atoms with E-state index in [1.165, 1.54) is 4.90 Å². The number of carboxylic acids is 1. The van der Waals surface area contributed by atoms with Crippen molar-refractivity contribution < 1.29 is 24.3 Å². The lowest BCUT2D eigenvalue weighted by Crippen LogP contribution is -2.56. The highest BCUT2D eigenvalue weighted by molar-refractivity contribution is 5.95. The number of amides is 3. The van der Waals surface area contributed by atoms with Crippen LogP contribution in [0.1, 0.15) is 36.8 Å². The Balaban J connectivity index is 1.24. The van der Waals surface area contributed by atoms with E-state index in [9.17, 15) is 24.3 Å². The summed E-state index contributed by atoms with van der Waals surface area (Å²) in [5, 5.41) is 13.4. The van der Waals surface area contributed by atoms with Gasteiger partial charge in [-0.1, -0.05) is 48.5 Å².